The lowest BCUT2D eigenvalue weighted by Gasteiger charge is -2.16. The Hall–Kier alpha value is -2.16. The summed E-state index contributed by atoms with van der Waals surface area (Å²) in [6, 6.07) is 11.9. The molecule has 2 N–H and O–H groups in total. The number of phenols is 1. The summed E-state index contributed by atoms with van der Waals surface area (Å²) in [5, 5.41) is 13.4. The van der Waals surface area contributed by atoms with Gasteiger partial charge in [-0.1, -0.05) is 24.3 Å². The second kappa shape index (κ2) is 6.53. The molecular formula is C18H23NO2. The zero-order valence-electron chi connectivity index (χ0n) is 13.1. The van der Waals surface area contributed by atoms with Crippen molar-refractivity contribution >= 4 is 5.69 Å². The summed E-state index contributed by atoms with van der Waals surface area (Å²) in [6.45, 7) is 8.52. The summed E-state index contributed by atoms with van der Waals surface area (Å²) in [5.74, 6) is 1.25. The summed E-state index contributed by atoms with van der Waals surface area (Å²) < 4.78 is 5.82. The standard InChI is InChI=1S/C18H23NO2/c1-12(2)21-17-8-6-5-7-15(17)11-19-16-10-9-13(3)18(20)14(16)4/h5-10,12,19-20H,11H2,1-4H3. The van der Waals surface area contributed by atoms with E-state index in [9.17, 15) is 5.11 Å². The number of hydrogen-bond acceptors (Lipinski definition) is 3. The average Bonchev–Trinajstić information content (AvgIpc) is 2.45. The molecular weight excluding hydrogens is 262 g/mol. The Kier molecular flexibility index (Phi) is 4.73. The lowest BCUT2D eigenvalue weighted by molar-refractivity contribution is 0.240. The number of benzene rings is 2. The monoisotopic (exact) mass is 285 g/mol. The average molecular weight is 285 g/mol. The number of hydrogen-bond donors (Lipinski definition) is 2. The number of para-hydroxylation sites is 1. The van der Waals surface area contributed by atoms with Gasteiger partial charge in [0.25, 0.3) is 0 Å². The van der Waals surface area contributed by atoms with Gasteiger partial charge in [-0.2, -0.15) is 0 Å². The molecule has 0 saturated heterocycles. The summed E-state index contributed by atoms with van der Waals surface area (Å²) >= 11 is 0. The predicted molar refractivity (Wildman–Crippen MR) is 87.1 cm³/mol. The highest BCUT2D eigenvalue weighted by Gasteiger charge is 2.08. The Morgan fingerprint density at radius 3 is 2.52 bits per heavy atom. The molecule has 0 aromatic heterocycles. The van der Waals surface area contributed by atoms with E-state index in [1.807, 2.05) is 64.1 Å². The Morgan fingerprint density at radius 1 is 1.10 bits per heavy atom. The van der Waals surface area contributed by atoms with Crippen molar-refractivity contribution in [1.82, 2.24) is 0 Å². The van der Waals surface area contributed by atoms with E-state index < -0.39 is 0 Å². The number of rotatable bonds is 5. The maximum absolute atomic E-state index is 9.99. The molecule has 2 rings (SSSR count). The normalized spacial score (nSPS) is 10.7. The summed E-state index contributed by atoms with van der Waals surface area (Å²) in [4.78, 5) is 0. The lowest BCUT2D eigenvalue weighted by Crippen LogP contribution is -2.09. The van der Waals surface area contributed by atoms with Crippen LogP contribution in [0.25, 0.3) is 0 Å². The largest absolute Gasteiger partial charge is 0.507 e. The predicted octanol–water partition coefficient (Wildman–Crippen LogP) is 4.41. The minimum absolute atomic E-state index is 0.149. The summed E-state index contributed by atoms with van der Waals surface area (Å²) in [7, 11) is 0. The molecule has 2 aromatic carbocycles. The van der Waals surface area contributed by atoms with Crippen LogP contribution in [0.15, 0.2) is 36.4 Å². The van der Waals surface area contributed by atoms with Gasteiger partial charge in [0.05, 0.1) is 6.10 Å². The zero-order chi connectivity index (χ0) is 15.4. The Morgan fingerprint density at radius 2 is 1.81 bits per heavy atom. The first-order valence-corrected chi connectivity index (χ1v) is 7.26. The maximum Gasteiger partial charge on any atom is 0.124 e. The molecule has 0 atom stereocenters. The van der Waals surface area contributed by atoms with Crippen LogP contribution in [0.5, 0.6) is 11.5 Å². The van der Waals surface area contributed by atoms with Gasteiger partial charge < -0.3 is 15.2 Å². The van der Waals surface area contributed by atoms with Crippen LogP contribution in [0, 0.1) is 13.8 Å². The molecule has 112 valence electrons. The van der Waals surface area contributed by atoms with Crippen LogP contribution < -0.4 is 10.1 Å². The number of phenolic OH excluding ortho intramolecular Hbond substituents is 1. The first-order valence-electron chi connectivity index (χ1n) is 7.26. The third kappa shape index (κ3) is 3.69. The van der Waals surface area contributed by atoms with E-state index in [2.05, 4.69) is 5.32 Å². The third-order valence-electron chi connectivity index (χ3n) is 3.44. The smallest absolute Gasteiger partial charge is 0.124 e. The molecule has 2 aromatic rings. The van der Waals surface area contributed by atoms with Gasteiger partial charge in [-0.15, -0.1) is 0 Å². The van der Waals surface area contributed by atoms with E-state index in [-0.39, 0.29) is 6.10 Å². The second-order valence-electron chi connectivity index (χ2n) is 5.53. The van der Waals surface area contributed by atoms with E-state index >= 15 is 0 Å². The van der Waals surface area contributed by atoms with Gasteiger partial charge in [-0.25, -0.2) is 0 Å². The maximum atomic E-state index is 9.99. The van der Waals surface area contributed by atoms with E-state index in [0.717, 1.165) is 28.1 Å². The number of aromatic hydroxyl groups is 1. The molecule has 0 bridgehead atoms. The number of anilines is 1. The SMILES string of the molecule is Cc1ccc(NCc2ccccc2OC(C)C)c(C)c1O. The van der Waals surface area contributed by atoms with Crippen molar-refractivity contribution in [3.05, 3.63) is 53.1 Å². The molecule has 0 fully saturated rings. The van der Waals surface area contributed by atoms with E-state index in [4.69, 9.17) is 4.74 Å². The van der Waals surface area contributed by atoms with Crippen molar-refractivity contribution in [2.75, 3.05) is 5.32 Å². The molecule has 0 aliphatic rings. The van der Waals surface area contributed by atoms with Crippen LogP contribution >= 0.6 is 0 Å². The van der Waals surface area contributed by atoms with Crippen molar-refractivity contribution in [3.8, 4) is 11.5 Å². The highest BCUT2D eigenvalue weighted by molar-refractivity contribution is 5.59. The van der Waals surface area contributed by atoms with Gasteiger partial charge in [0, 0.05) is 23.4 Å². The van der Waals surface area contributed by atoms with Gasteiger partial charge in [-0.05, 0) is 45.4 Å². The van der Waals surface area contributed by atoms with Gasteiger partial charge >= 0.3 is 0 Å². The van der Waals surface area contributed by atoms with Crippen LogP contribution in [0.4, 0.5) is 5.69 Å². The molecule has 21 heavy (non-hydrogen) atoms. The Balaban J connectivity index is 2.15. The van der Waals surface area contributed by atoms with E-state index in [1.54, 1.807) is 0 Å². The summed E-state index contributed by atoms with van der Waals surface area (Å²) in [5.41, 5.74) is 3.81. The van der Waals surface area contributed by atoms with Crippen molar-refractivity contribution in [3.63, 3.8) is 0 Å². The molecule has 0 aliphatic carbocycles. The van der Waals surface area contributed by atoms with E-state index in [0.29, 0.717) is 12.3 Å². The lowest BCUT2D eigenvalue weighted by atomic mass is 10.1. The molecule has 0 saturated carbocycles. The zero-order valence-corrected chi connectivity index (χ0v) is 13.1. The van der Waals surface area contributed by atoms with E-state index in [1.165, 1.54) is 0 Å². The number of aryl methyl sites for hydroxylation is 1. The van der Waals surface area contributed by atoms with Crippen LogP contribution in [0.2, 0.25) is 0 Å². The first kappa shape index (κ1) is 15.2. The second-order valence-corrected chi connectivity index (χ2v) is 5.53. The summed E-state index contributed by atoms with van der Waals surface area (Å²) in [6.07, 6.45) is 0.149. The molecule has 0 heterocycles. The van der Waals surface area contributed by atoms with Gasteiger partial charge in [0.2, 0.25) is 0 Å². The molecule has 0 amide bonds. The molecule has 0 spiro atoms. The number of nitrogens with one attached hydrogen (secondary N) is 1. The first-order chi connectivity index (χ1) is 9.99. The van der Waals surface area contributed by atoms with Crippen LogP contribution in [-0.4, -0.2) is 11.2 Å². The minimum atomic E-state index is 0.149. The van der Waals surface area contributed by atoms with Crippen molar-refractivity contribution < 1.29 is 9.84 Å². The fourth-order valence-corrected chi connectivity index (χ4v) is 2.24. The quantitative estimate of drug-likeness (QED) is 0.855. The third-order valence-corrected chi connectivity index (χ3v) is 3.44. The Bertz CT molecular complexity index is 621. The van der Waals surface area contributed by atoms with Crippen LogP contribution in [0.3, 0.4) is 0 Å². The minimum Gasteiger partial charge on any atom is -0.507 e. The fourth-order valence-electron chi connectivity index (χ4n) is 2.24. The van der Waals surface area contributed by atoms with Crippen molar-refractivity contribution in [2.45, 2.75) is 40.3 Å². The topological polar surface area (TPSA) is 41.5 Å². The number of ether oxygens (including phenoxy) is 1. The Labute approximate surface area is 126 Å². The highest BCUT2D eigenvalue weighted by Crippen LogP contribution is 2.29. The fraction of sp³-hybridized carbons (Fsp3) is 0.333. The molecule has 0 radical (unpaired) electrons. The van der Waals surface area contributed by atoms with Crippen LogP contribution in [0.1, 0.15) is 30.5 Å². The van der Waals surface area contributed by atoms with Crippen molar-refractivity contribution in [1.29, 1.82) is 0 Å². The molecule has 3 nitrogen and oxygen atoms in total. The van der Waals surface area contributed by atoms with Crippen molar-refractivity contribution in [2.24, 2.45) is 0 Å². The van der Waals surface area contributed by atoms with Gasteiger partial charge in [-0.3, -0.25) is 0 Å². The molecule has 0 aliphatic heterocycles. The highest BCUT2D eigenvalue weighted by atomic mass is 16.5. The van der Waals surface area contributed by atoms with Gasteiger partial charge in [0.1, 0.15) is 11.5 Å². The molecule has 3 heteroatoms. The van der Waals surface area contributed by atoms with Gasteiger partial charge in [0.15, 0.2) is 0 Å². The van der Waals surface area contributed by atoms with Crippen LogP contribution in [-0.2, 0) is 6.54 Å². The molecule has 0 unspecified atom stereocenters.